The Kier molecular flexibility index (Phi) is 6.74. The van der Waals surface area contributed by atoms with E-state index < -0.39 is 0 Å². The Morgan fingerprint density at radius 2 is 1.40 bits per heavy atom. The molecule has 0 aliphatic heterocycles. The standard InChI is InChI=1S/C22H33N3/c1-15(2)19-10-7-8-11-22(19)25-17(5)14-23-20-12-9-13-21(18(20)6)24-16(3)4/h7-13,15-17,23-25H,14H2,1-6H3. The van der Waals surface area contributed by atoms with E-state index in [1.807, 2.05) is 0 Å². The van der Waals surface area contributed by atoms with Crippen molar-refractivity contribution < 1.29 is 0 Å². The lowest BCUT2D eigenvalue weighted by atomic mass is 10.0. The Hall–Kier alpha value is -2.16. The molecular weight excluding hydrogens is 306 g/mol. The minimum atomic E-state index is 0.334. The second-order valence-electron chi connectivity index (χ2n) is 7.45. The molecular formula is C22H33N3. The van der Waals surface area contributed by atoms with Crippen LogP contribution in [-0.4, -0.2) is 18.6 Å². The van der Waals surface area contributed by atoms with Gasteiger partial charge >= 0.3 is 0 Å². The number of para-hydroxylation sites is 1. The Morgan fingerprint density at radius 1 is 0.760 bits per heavy atom. The summed E-state index contributed by atoms with van der Waals surface area (Å²) in [5.74, 6) is 0.518. The smallest absolute Gasteiger partial charge is 0.0405 e. The van der Waals surface area contributed by atoms with Crippen molar-refractivity contribution in [1.82, 2.24) is 0 Å². The van der Waals surface area contributed by atoms with Gasteiger partial charge in [0.15, 0.2) is 0 Å². The molecule has 0 heterocycles. The van der Waals surface area contributed by atoms with E-state index in [1.54, 1.807) is 0 Å². The number of benzene rings is 2. The number of hydrogen-bond donors (Lipinski definition) is 3. The van der Waals surface area contributed by atoms with E-state index in [1.165, 1.54) is 28.2 Å². The molecule has 0 amide bonds. The van der Waals surface area contributed by atoms with E-state index in [0.29, 0.717) is 18.0 Å². The maximum absolute atomic E-state index is 3.65. The van der Waals surface area contributed by atoms with Gasteiger partial charge in [-0.1, -0.05) is 38.1 Å². The van der Waals surface area contributed by atoms with Gasteiger partial charge in [-0.05, 0) is 62.9 Å². The molecule has 3 nitrogen and oxygen atoms in total. The van der Waals surface area contributed by atoms with Crippen molar-refractivity contribution in [3.05, 3.63) is 53.6 Å². The highest BCUT2D eigenvalue weighted by atomic mass is 15.0. The largest absolute Gasteiger partial charge is 0.383 e. The van der Waals surface area contributed by atoms with Gasteiger partial charge in [0.2, 0.25) is 0 Å². The molecule has 0 radical (unpaired) electrons. The molecule has 1 atom stereocenters. The zero-order valence-corrected chi connectivity index (χ0v) is 16.5. The minimum Gasteiger partial charge on any atom is -0.383 e. The SMILES string of the molecule is Cc1c(NCC(C)Nc2ccccc2C(C)C)cccc1NC(C)C. The first-order chi connectivity index (χ1) is 11.9. The topological polar surface area (TPSA) is 36.1 Å². The predicted molar refractivity (Wildman–Crippen MR) is 112 cm³/mol. The third kappa shape index (κ3) is 5.42. The van der Waals surface area contributed by atoms with Crippen LogP contribution in [0.3, 0.4) is 0 Å². The molecule has 1 unspecified atom stereocenters. The summed E-state index contributed by atoms with van der Waals surface area (Å²) in [7, 11) is 0. The van der Waals surface area contributed by atoms with Gasteiger partial charge in [-0.25, -0.2) is 0 Å². The average Bonchev–Trinajstić information content (AvgIpc) is 2.55. The van der Waals surface area contributed by atoms with Gasteiger partial charge in [-0.2, -0.15) is 0 Å². The van der Waals surface area contributed by atoms with Crippen LogP contribution in [0.1, 0.15) is 51.7 Å². The first-order valence-electron chi connectivity index (χ1n) is 9.34. The molecule has 0 fully saturated rings. The fourth-order valence-electron chi connectivity index (χ4n) is 3.01. The van der Waals surface area contributed by atoms with Gasteiger partial charge < -0.3 is 16.0 Å². The van der Waals surface area contributed by atoms with E-state index in [4.69, 9.17) is 0 Å². The monoisotopic (exact) mass is 339 g/mol. The van der Waals surface area contributed by atoms with Gasteiger partial charge in [0, 0.05) is 35.7 Å². The fourth-order valence-corrected chi connectivity index (χ4v) is 3.01. The Balaban J connectivity index is 2.00. The number of anilines is 3. The van der Waals surface area contributed by atoms with Crippen molar-refractivity contribution in [3.8, 4) is 0 Å². The zero-order valence-electron chi connectivity index (χ0n) is 16.5. The summed E-state index contributed by atoms with van der Waals surface area (Å²) in [5, 5.41) is 10.7. The van der Waals surface area contributed by atoms with Crippen LogP contribution in [-0.2, 0) is 0 Å². The quantitative estimate of drug-likeness (QED) is 0.564. The molecule has 136 valence electrons. The van der Waals surface area contributed by atoms with Crippen LogP contribution in [0.15, 0.2) is 42.5 Å². The molecule has 3 heteroatoms. The van der Waals surface area contributed by atoms with Crippen molar-refractivity contribution in [3.63, 3.8) is 0 Å². The molecule has 2 aromatic rings. The molecule has 0 bridgehead atoms. The van der Waals surface area contributed by atoms with E-state index in [2.05, 4.69) is 100.0 Å². The lowest BCUT2D eigenvalue weighted by Crippen LogP contribution is -2.26. The molecule has 0 saturated heterocycles. The lowest BCUT2D eigenvalue weighted by molar-refractivity contribution is 0.816. The molecule has 0 aliphatic rings. The molecule has 0 spiro atoms. The average molecular weight is 340 g/mol. The molecule has 3 N–H and O–H groups in total. The third-order valence-electron chi connectivity index (χ3n) is 4.36. The maximum atomic E-state index is 3.65. The van der Waals surface area contributed by atoms with Crippen LogP contribution >= 0.6 is 0 Å². The summed E-state index contributed by atoms with van der Waals surface area (Å²) >= 11 is 0. The molecule has 2 rings (SSSR count). The van der Waals surface area contributed by atoms with E-state index in [0.717, 1.165) is 6.54 Å². The first kappa shape index (κ1) is 19.2. The van der Waals surface area contributed by atoms with Crippen LogP contribution in [0, 0.1) is 6.92 Å². The second-order valence-corrected chi connectivity index (χ2v) is 7.45. The van der Waals surface area contributed by atoms with Crippen LogP contribution in [0.2, 0.25) is 0 Å². The minimum absolute atomic E-state index is 0.334. The highest BCUT2D eigenvalue weighted by Gasteiger charge is 2.10. The van der Waals surface area contributed by atoms with Crippen LogP contribution in [0.25, 0.3) is 0 Å². The molecule has 25 heavy (non-hydrogen) atoms. The number of rotatable bonds is 8. The fraction of sp³-hybridized carbons (Fsp3) is 0.455. The van der Waals surface area contributed by atoms with Gasteiger partial charge in [-0.3, -0.25) is 0 Å². The summed E-state index contributed by atoms with van der Waals surface area (Å²) in [6.07, 6.45) is 0. The predicted octanol–water partition coefficient (Wildman–Crippen LogP) is 5.85. The van der Waals surface area contributed by atoms with Crippen molar-refractivity contribution >= 4 is 17.1 Å². The number of hydrogen-bond acceptors (Lipinski definition) is 3. The van der Waals surface area contributed by atoms with Crippen LogP contribution < -0.4 is 16.0 Å². The zero-order chi connectivity index (χ0) is 18.4. The summed E-state index contributed by atoms with van der Waals surface area (Å²) in [5.41, 5.74) is 6.26. The summed E-state index contributed by atoms with van der Waals surface area (Å²) < 4.78 is 0. The van der Waals surface area contributed by atoms with Crippen LogP contribution in [0.4, 0.5) is 17.1 Å². The molecule has 2 aromatic carbocycles. The second kappa shape index (κ2) is 8.80. The summed E-state index contributed by atoms with van der Waals surface area (Å²) in [6, 6.07) is 15.7. The normalized spacial score (nSPS) is 12.3. The highest BCUT2D eigenvalue weighted by molar-refractivity contribution is 5.65. The Morgan fingerprint density at radius 3 is 2.08 bits per heavy atom. The van der Waals surface area contributed by atoms with Gasteiger partial charge in [0.05, 0.1) is 0 Å². The Bertz CT molecular complexity index is 677. The molecule has 0 saturated carbocycles. The number of nitrogens with one attached hydrogen (secondary N) is 3. The van der Waals surface area contributed by atoms with E-state index >= 15 is 0 Å². The van der Waals surface area contributed by atoms with Crippen molar-refractivity contribution in [2.75, 3.05) is 22.5 Å². The Labute approximate surface area is 153 Å². The van der Waals surface area contributed by atoms with Crippen LogP contribution in [0.5, 0.6) is 0 Å². The third-order valence-corrected chi connectivity index (χ3v) is 4.36. The van der Waals surface area contributed by atoms with Crippen molar-refractivity contribution in [1.29, 1.82) is 0 Å². The summed E-state index contributed by atoms with van der Waals surface area (Å²) in [4.78, 5) is 0. The van der Waals surface area contributed by atoms with E-state index in [-0.39, 0.29) is 0 Å². The molecule has 0 aromatic heterocycles. The summed E-state index contributed by atoms with van der Waals surface area (Å²) in [6.45, 7) is 14.1. The lowest BCUT2D eigenvalue weighted by Gasteiger charge is -2.22. The first-order valence-corrected chi connectivity index (χ1v) is 9.34. The van der Waals surface area contributed by atoms with Gasteiger partial charge in [-0.15, -0.1) is 0 Å². The highest BCUT2D eigenvalue weighted by Crippen LogP contribution is 2.26. The van der Waals surface area contributed by atoms with E-state index in [9.17, 15) is 0 Å². The van der Waals surface area contributed by atoms with Crippen molar-refractivity contribution in [2.45, 2.75) is 59.5 Å². The van der Waals surface area contributed by atoms with Gasteiger partial charge in [0.1, 0.15) is 0 Å². The van der Waals surface area contributed by atoms with Gasteiger partial charge in [0.25, 0.3) is 0 Å². The molecule has 0 aliphatic carbocycles. The maximum Gasteiger partial charge on any atom is 0.0405 e. The van der Waals surface area contributed by atoms with Crippen molar-refractivity contribution in [2.24, 2.45) is 0 Å².